The van der Waals surface area contributed by atoms with Gasteiger partial charge < -0.3 is 14.2 Å². The lowest BCUT2D eigenvalue weighted by atomic mass is 10.0. The van der Waals surface area contributed by atoms with Crippen LogP contribution in [0.15, 0.2) is 0 Å². The van der Waals surface area contributed by atoms with Gasteiger partial charge >= 0.3 is 17.9 Å². The second kappa shape index (κ2) is 44.5. The summed E-state index contributed by atoms with van der Waals surface area (Å²) in [6.45, 7) is 9.00. The SMILES string of the molecule is CCCCCCCCCCCCCCCC(=O)O[C@@H](COC(=O)CCCCCCCCCCCCCC)COC(=O)CCCCCCCCCCCCC(C)C. The van der Waals surface area contributed by atoms with Gasteiger partial charge in [-0.05, 0) is 25.2 Å². The highest BCUT2D eigenvalue weighted by atomic mass is 16.6. The number of rotatable bonds is 45. The molecule has 0 amide bonds. The maximum Gasteiger partial charge on any atom is 0.306 e. The molecule has 0 heterocycles. The average molecular weight is 793 g/mol. The van der Waals surface area contributed by atoms with Crippen molar-refractivity contribution in [2.45, 2.75) is 284 Å². The van der Waals surface area contributed by atoms with Crippen molar-refractivity contribution in [1.82, 2.24) is 0 Å². The van der Waals surface area contributed by atoms with Gasteiger partial charge in [-0.1, -0.05) is 240 Å². The highest BCUT2D eigenvalue weighted by Crippen LogP contribution is 2.17. The van der Waals surface area contributed by atoms with E-state index in [9.17, 15) is 14.4 Å². The van der Waals surface area contributed by atoms with Gasteiger partial charge in [0, 0.05) is 19.3 Å². The van der Waals surface area contributed by atoms with E-state index in [4.69, 9.17) is 14.2 Å². The number of hydrogen-bond donors (Lipinski definition) is 0. The molecule has 0 rings (SSSR count). The number of esters is 3. The van der Waals surface area contributed by atoms with Gasteiger partial charge in [0.05, 0.1) is 0 Å². The van der Waals surface area contributed by atoms with Crippen LogP contribution < -0.4 is 0 Å². The smallest absolute Gasteiger partial charge is 0.306 e. The molecule has 0 aromatic carbocycles. The molecule has 0 radical (unpaired) electrons. The fraction of sp³-hybridized carbons (Fsp3) is 0.940. The van der Waals surface area contributed by atoms with E-state index in [0.29, 0.717) is 19.3 Å². The van der Waals surface area contributed by atoms with Gasteiger partial charge in [-0.25, -0.2) is 0 Å². The molecule has 0 unspecified atom stereocenters. The van der Waals surface area contributed by atoms with Crippen LogP contribution in [0.4, 0.5) is 0 Å². The Balaban J connectivity index is 4.32. The molecule has 56 heavy (non-hydrogen) atoms. The van der Waals surface area contributed by atoms with Crippen molar-refractivity contribution in [3.05, 3.63) is 0 Å². The highest BCUT2D eigenvalue weighted by Gasteiger charge is 2.19. The predicted octanol–water partition coefficient (Wildman–Crippen LogP) is 15.9. The van der Waals surface area contributed by atoms with Gasteiger partial charge in [-0.3, -0.25) is 14.4 Å². The van der Waals surface area contributed by atoms with Gasteiger partial charge in [0.15, 0.2) is 6.10 Å². The Morgan fingerprint density at radius 2 is 0.589 bits per heavy atom. The van der Waals surface area contributed by atoms with Crippen molar-refractivity contribution >= 4 is 17.9 Å². The summed E-state index contributed by atoms with van der Waals surface area (Å²) >= 11 is 0. The lowest BCUT2D eigenvalue weighted by molar-refractivity contribution is -0.167. The third kappa shape index (κ3) is 43.5. The predicted molar refractivity (Wildman–Crippen MR) is 238 cm³/mol. The first kappa shape index (κ1) is 54.4. The summed E-state index contributed by atoms with van der Waals surface area (Å²) in [7, 11) is 0. The van der Waals surface area contributed by atoms with Crippen LogP contribution in [0.3, 0.4) is 0 Å². The summed E-state index contributed by atoms with van der Waals surface area (Å²) in [4.78, 5) is 37.8. The second-order valence-electron chi connectivity index (χ2n) is 17.6. The van der Waals surface area contributed by atoms with Crippen LogP contribution >= 0.6 is 0 Å². The lowest BCUT2D eigenvalue weighted by Crippen LogP contribution is -2.30. The molecule has 0 aromatic heterocycles. The topological polar surface area (TPSA) is 78.9 Å². The van der Waals surface area contributed by atoms with E-state index in [0.717, 1.165) is 63.7 Å². The van der Waals surface area contributed by atoms with Crippen LogP contribution in [0.5, 0.6) is 0 Å². The van der Waals surface area contributed by atoms with E-state index in [2.05, 4.69) is 27.7 Å². The van der Waals surface area contributed by atoms with E-state index >= 15 is 0 Å². The maximum absolute atomic E-state index is 12.7. The fourth-order valence-corrected chi connectivity index (χ4v) is 7.51. The van der Waals surface area contributed by atoms with Crippen LogP contribution in [0.25, 0.3) is 0 Å². The standard InChI is InChI=1S/C50H96O6/c1-5-7-9-11-13-15-17-19-21-27-31-35-39-43-50(53)56-47(44-54-48(51)41-37-33-29-25-20-18-16-14-12-10-8-6-2)45-55-49(52)42-38-34-30-26-23-22-24-28-32-36-40-46(3)4/h46-47H,5-45H2,1-4H3/t47-/m0/s1. The van der Waals surface area contributed by atoms with Crippen LogP contribution in [0, 0.1) is 5.92 Å². The zero-order chi connectivity index (χ0) is 41.0. The van der Waals surface area contributed by atoms with E-state index in [-0.39, 0.29) is 31.1 Å². The lowest BCUT2D eigenvalue weighted by Gasteiger charge is -2.18. The molecule has 1 atom stereocenters. The zero-order valence-corrected chi connectivity index (χ0v) is 38.1. The molecule has 0 saturated carbocycles. The molecular formula is C50H96O6. The minimum Gasteiger partial charge on any atom is -0.462 e. The van der Waals surface area contributed by atoms with E-state index in [1.807, 2.05) is 0 Å². The molecular weight excluding hydrogens is 697 g/mol. The number of unbranched alkanes of at least 4 members (excludes halogenated alkanes) is 32. The van der Waals surface area contributed by atoms with E-state index in [1.165, 1.54) is 173 Å². The monoisotopic (exact) mass is 793 g/mol. The fourth-order valence-electron chi connectivity index (χ4n) is 7.51. The van der Waals surface area contributed by atoms with Crippen molar-refractivity contribution in [1.29, 1.82) is 0 Å². The summed E-state index contributed by atoms with van der Waals surface area (Å²) in [6, 6.07) is 0. The number of hydrogen-bond acceptors (Lipinski definition) is 6. The zero-order valence-electron chi connectivity index (χ0n) is 38.1. The molecule has 0 aromatic rings. The van der Waals surface area contributed by atoms with Crippen molar-refractivity contribution < 1.29 is 28.6 Å². The molecule has 0 spiro atoms. The minimum atomic E-state index is -0.760. The first-order valence-corrected chi connectivity index (χ1v) is 24.9. The van der Waals surface area contributed by atoms with E-state index < -0.39 is 6.10 Å². The normalized spacial score (nSPS) is 11.9. The third-order valence-electron chi connectivity index (χ3n) is 11.3. The Morgan fingerprint density at radius 1 is 0.339 bits per heavy atom. The van der Waals surface area contributed by atoms with Crippen LogP contribution in [-0.2, 0) is 28.6 Å². The molecule has 332 valence electrons. The summed E-state index contributed by atoms with van der Waals surface area (Å²) < 4.78 is 16.8. The Bertz CT molecular complexity index is 841. The van der Waals surface area contributed by atoms with Gasteiger partial charge in [0.25, 0.3) is 0 Å². The van der Waals surface area contributed by atoms with Crippen molar-refractivity contribution in [2.75, 3.05) is 13.2 Å². The number of carbonyl (C=O) groups excluding carboxylic acids is 3. The van der Waals surface area contributed by atoms with Crippen molar-refractivity contribution in [3.8, 4) is 0 Å². The number of ether oxygens (including phenoxy) is 3. The Hall–Kier alpha value is -1.59. The quantitative estimate of drug-likeness (QED) is 0.0347. The molecule has 0 aliphatic heterocycles. The van der Waals surface area contributed by atoms with Gasteiger partial charge in [0.2, 0.25) is 0 Å². The molecule has 0 fully saturated rings. The van der Waals surface area contributed by atoms with Gasteiger partial charge in [-0.15, -0.1) is 0 Å². The second-order valence-corrected chi connectivity index (χ2v) is 17.6. The largest absolute Gasteiger partial charge is 0.462 e. The molecule has 0 aliphatic carbocycles. The Labute approximate surface area is 348 Å². The number of carbonyl (C=O) groups is 3. The Morgan fingerprint density at radius 3 is 0.875 bits per heavy atom. The first-order chi connectivity index (χ1) is 27.4. The third-order valence-corrected chi connectivity index (χ3v) is 11.3. The highest BCUT2D eigenvalue weighted by molar-refractivity contribution is 5.71. The molecule has 0 N–H and O–H groups in total. The minimum absolute atomic E-state index is 0.0631. The van der Waals surface area contributed by atoms with Crippen LogP contribution in [-0.4, -0.2) is 37.2 Å². The van der Waals surface area contributed by atoms with E-state index in [1.54, 1.807) is 0 Å². The molecule has 0 aliphatic rings. The van der Waals surface area contributed by atoms with Crippen LogP contribution in [0.2, 0.25) is 0 Å². The molecule has 0 saturated heterocycles. The maximum atomic E-state index is 12.7. The van der Waals surface area contributed by atoms with Crippen molar-refractivity contribution in [3.63, 3.8) is 0 Å². The molecule has 6 nitrogen and oxygen atoms in total. The van der Waals surface area contributed by atoms with Crippen molar-refractivity contribution in [2.24, 2.45) is 5.92 Å². The summed E-state index contributed by atoms with van der Waals surface area (Å²) in [5, 5.41) is 0. The molecule has 0 bridgehead atoms. The first-order valence-electron chi connectivity index (χ1n) is 24.9. The average Bonchev–Trinajstić information content (AvgIpc) is 3.18. The van der Waals surface area contributed by atoms with Gasteiger partial charge in [0.1, 0.15) is 13.2 Å². The Kier molecular flexibility index (Phi) is 43.2. The molecule has 6 heteroatoms. The van der Waals surface area contributed by atoms with Gasteiger partial charge in [-0.2, -0.15) is 0 Å². The van der Waals surface area contributed by atoms with Crippen LogP contribution in [0.1, 0.15) is 278 Å². The summed E-state index contributed by atoms with van der Waals surface area (Å²) in [6.07, 6.45) is 45.1. The summed E-state index contributed by atoms with van der Waals surface area (Å²) in [5.74, 6) is -0.0289. The summed E-state index contributed by atoms with van der Waals surface area (Å²) in [5.41, 5.74) is 0.